The van der Waals surface area contributed by atoms with Crippen LogP contribution in [-0.2, 0) is 7.05 Å². The maximum Gasteiger partial charge on any atom is 0.299 e. The van der Waals surface area contributed by atoms with Gasteiger partial charge in [0.25, 0.3) is 6.01 Å². The maximum atomic E-state index is 5.00. The van der Waals surface area contributed by atoms with Crippen LogP contribution in [0.2, 0.25) is 0 Å². The van der Waals surface area contributed by atoms with Crippen molar-refractivity contribution in [2.45, 2.75) is 0 Å². The van der Waals surface area contributed by atoms with Gasteiger partial charge in [0, 0.05) is 19.4 Å². The third-order valence-corrected chi connectivity index (χ3v) is 1.65. The first kappa shape index (κ1) is 7.02. The summed E-state index contributed by atoms with van der Waals surface area (Å²) in [7, 11) is 3.41. The molecule has 0 fully saturated rings. The zero-order valence-corrected chi connectivity index (χ0v) is 6.85. The van der Waals surface area contributed by atoms with Crippen molar-refractivity contribution in [3.8, 4) is 6.01 Å². The lowest BCUT2D eigenvalue weighted by molar-refractivity contribution is 0.368. The van der Waals surface area contributed by atoms with Crippen LogP contribution in [0.25, 0.3) is 11.3 Å². The van der Waals surface area contributed by atoms with Gasteiger partial charge in [-0.3, -0.25) is 4.57 Å². The zero-order valence-electron chi connectivity index (χ0n) is 6.85. The molecule has 0 aliphatic carbocycles. The van der Waals surface area contributed by atoms with Crippen LogP contribution in [0.1, 0.15) is 0 Å². The van der Waals surface area contributed by atoms with Crippen LogP contribution in [0.15, 0.2) is 12.4 Å². The van der Waals surface area contributed by atoms with E-state index in [2.05, 4.69) is 15.0 Å². The van der Waals surface area contributed by atoms with Crippen molar-refractivity contribution in [2.75, 3.05) is 7.11 Å². The van der Waals surface area contributed by atoms with Crippen molar-refractivity contribution in [3.63, 3.8) is 0 Å². The third kappa shape index (κ3) is 0.827. The minimum atomic E-state index is 0.524. The number of nitrogens with zero attached hydrogens (tertiary/aromatic N) is 4. The first-order chi connectivity index (χ1) is 5.83. The van der Waals surface area contributed by atoms with E-state index in [-0.39, 0.29) is 0 Å². The largest absolute Gasteiger partial charge is 0.468 e. The fourth-order valence-corrected chi connectivity index (χ4v) is 1.08. The van der Waals surface area contributed by atoms with Gasteiger partial charge < -0.3 is 4.74 Å². The summed E-state index contributed by atoms with van der Waals surface area (Å²) in [5, 5.41) is 0. The van der Waals surface area contributed by atoms with Crippen LogP contribution in [-0.4, -0.2) is 26.6 Å². The Hall–Kier alpha value is -1.65. The molecule has 2 aromatic heterocycles. The Labute approximate surface area is 69.0 Å². The molecule has 2 heterocycles. The monoisotopic (exact) mass is 164 g/mol. The maximum absolute atomic E-state index is 5.00. The Kier molecular flexibility index (Phi) is 1.43. The van der Waals surface area contributed by atoms with Crippen LogP contribution >= 0.6 is 0 Å². The summed E-state index contributed by atoms with van der Waals surface area (Å²) in [6, 6.07) is 0.524. The van der Waals surface area contributed by atoms with Crippen molar-refractivity contribution in [1.29, 1.82) is 0 Å². The van der Waals surface area contributed by atoms with Gasteiger partial charge in [-0.25, -0.2) is 9.97 Å². The number of hydrogen-bond donors (Lipinski definition) is 0. The molecular formula is C7H8N4O. The van der Waals surface area contributed by atoms with E-state index >= 15 is 0 Å². The average molecular weight is 164 g/mol. The molecule has 0 saturated carbocycles. The molecule has 5 heteroatoms. The quantitative estimate of drug-likeness (QED) is 0.611. The highest BCUT2D eigenvalue weighted by atomic mass is 16.5. The predicted octanol–water partition coefficient (Wildman–Crippen LogP) is 0.372. The second kappa shape index (κ2) is 2.44. The highest BCUT2D eigenvalue weighted by Crippen LogP contribution is 2.13. The summed E-state index contributed by atoms with van der Waals surface area (Å²) in [4.78, 5) is 12.2. The number of rotatable bonds is 1. The van der Waals surface area contributed by atoms with E-state index in [1.807, 2.05) is 7.05 Å². The van der Waals surface area contributed by atoms with E-state index in [0.717, 1.165) is 5.65 Å². The lowest BCUT2D eigenvalue weighted by atomic mass is 10.7. The number of fused-ring (bicyclic) bond motifs is 1. The highest BCUT2D eigenvalue weighted by Gasteiger charge is 2.07. The molecular weight excluding hydrogens is 156 g/mol. The third-order valence-electron chi connectivity index (χ3n) is 1.65. The molecule has 0 atom stereocenters. The molecule has 12 heavy (non-hydrogen) atoms. The summed E-state index contributed by atoms with van der Waals surface area (Å²) in [5.74, 6) is 0. The molecule has 0 aromatic carbocycles. The molecule has 0 radical (unpaired) electrons. The van der Waals surface area contributed by atoms with Crippen molar-refractivity contribution >= 4 is 11.3 Å². The van der Waals surface area contributed by atoms with Gasteiger partial charge in [0.1, 0.15) is 0 Å². The lowest BCUT2D eigenvalue weighted by Gasteiger charge is -1.96. The molecule has 5 nitrogen and oxygen atoms in total. The van der Waals surface area contributed by atoms with E-state index in [1.165, 1.54) is 0 Å². The molecule has 0 aliphatic heterocycles. The molecule has 2 rings (SSSR count). The summed E-state index contributed by atoms with van der Waals surface area (Å²) in [6.07, 6.45) is 3.23. The van der Waals surface area contributed by atoms with E-state index in [9.17, 15) is 0 Å². The van der Waals surface area contributed by atoms with Crippen LogP contribution < -0.4 is 4.74 Å². The topological polar surface area (TPSA) is 52.8 Å². The number of ether oxygens (including phenoxy) is 1. The highest BCUT2D eigenvalue weighted by molar-refractivity contribution is 5.66. The van der Waals surface area contributed by atoms with Crippen molar-refractivity contribution in [1.82, 2.24) is 19.5 Å². The van der Waals surface area contributed by atoms with Gasteiger partial charge in [-0.2, -0.15) is 4.98 Å². The van der Waals surface area contributed by atoms with Gasteiger partial charge in [0.2, 0.25) is 5.65 Å². The minimum absolute atomic E-state index is 0.524. The van der Waals surface area contributed by atoms with E-state index in [1.54, 1.807) is 24.1 Å². The number of hydrogen-bond acceptors (Lipinski definition) is 4. The van der Waals surface area contributed by atoms with Gasteiger partial charge in [0.15, 0.2) is 5.65 Å². The van der Waals surface area contributed by atoms with E-state index in [0.29, 0.717) is 11.7 Å². The van der Waals surface area contributed by atoms with Gasteiger partial charge in [-0.15, -0.1) is 0 Å². The number of methoxy groups -OCH3 is 1. The Morgan fingerprint density at radius 1 is 1.33 bits per heavy atom. The van der Waals surface area contributed by atoms with Crippen molar-refractivity contribution in [3.05, 3.63) is 12.4 Å². The zero-order chi connectivity index (χ0) is 8.55. The minimum Gasteiger partial charge on any atom is -0.468 e. The molecule has 0 bridgehead atoms. The first-order valence-corrected chi connectivity index (χ1v) is 3.50. The van der Waals surface area contributed by atoms with Crippen LogP contribution in [0.3, 0.4) is 0 Å². The molecule has 0 spiro atoms. The molecule has 62 valence electrons. The second-order valence-corrected chi connectivity index (χ2v) is 2.36. The van der Waals surface area contributed by atoms with Crippen LogP contribution in [0.5, 0.6) is 6.01 Å². The SMILES string of the molecule is COc1nc2nccnc2n1C. The second-order valence-electron chi connectivity index (χ2n) is 2.36. The molecule has 0 N–H and O–H groups in total. The van der Waals surface area contributed by atoms with Crippen LogP contribution in [0, 0.1) is 0 Å². The first-order valence-electron chi connectivity index (χ1n) is 3.50. The summed E-state index contributed by atoms with van der Waals surface area (Å²) in [5.41, 5.74) is 1.34. The smallest absolute Gasteiger partial charge is 0.299 e. The normalized spacial score (nSPS) is 10.5. The number of aryl methyl sites for hydroxylation is 1. The van der Waals surface area contributed by atoms with Gasteiger partial charge in [0.05, 0.1) is 7.11 Å². The number of imidazole rings is 1. The summed E-state index contributed by atoms with van der Waals surface area (Å²) >= 11 is 0. The number of aromatic nitrogens is 4. The molecule has 0 saturated heterocycles. The van der Waals surface area contributed by atoms with Crippen molar-refractivity contribution in [2.24, 2.45) is 7.05 Å². The Bertz CT molecular complexity index is 409. The fourth-order valence-electron chi connectivity index (χ4n) is 1.08. The van der Waals surface area contributed by atoms with E-state index < -0.39 is 0 Å². The Balaban J connectivity index is 2.78. The lowest BCUT2D eigenvalue weighted by Crippen LogP contribution is -1.94. The standard InChI is InChI=1S/C7H8N4O/c1-11-6-5(8-3-4-9-6)10-7(11)12-2/h3-4H,1-2H3. The van der Waals surface area contributed by atoms with Crippen molar-refractivity contribution < 1.29 is 4.74 Å². The molecule has 0 aliphatic rings. The molecule has 0 unspecified atom stereocenters. The summed E-state index contributed by atoms with van der Waals surface area (Å²) < 4.78 is 6.75. The fraction of sp³-hybridized carbons (Fsp3) is 0.286. The van der Waals surface area contributed by atoms with Crippen LogP contribution in [0.4, 0.5) is 0 Å². The average Bonchev–Trinajstić information content (AvgIpc) is 2.44. The molecule has 0 amide bonds. The van der Waals surface area contributed by atoms with Gasteiger partial charge >= 0.3 is 0 Å². The molecule has 2 aromatic rings. The Morgan fingerprint density at radius 3 is 2.75 bits per heavy atom. The summed E-state index contributed by atoms with van der Waals surface area (Å²) in [6.45, 7) is 0. The predicted molar refractivity (Wildman–Crippen MR) is 42.9 cm³/mol. The van der Waals surface area contributed by atoms with E-state index in [4.69, 9.17) is 4.74 Å². The van der Waals surface area contributed by atoms with Gasteiger partial charge in [-0.1, -0.05) is 0 Å². The van der Waals surface area contributed by atoms with Gasteiger partial charge in [-0.05, 0) is 0 Å². The Morgan fingerprint density at radius 2 is 2.08 bits per heavy atom.